The van der Waals surface area contributed by atoms with Crippen molar-refractivity contribution in [1.82, 2.24) is 4.57 Å². The highest BCUT2D eigenvalue weighted by Crippen LogP contribution is 2.30. The number of hydrogen-bond acceptors (Lipinski definition) is 2. The predicted octanol–water partition coefficient (Wildman–Crippen LogP) is 6.07. The van der Waals surface area contributed by atoms with Crippen LogP contribution in [0.3, 0.4) is 0 Å². The second-order valence-corrected chi connectivity index (χ2v) is 7.92. The molecule has 0 unspecified atom stereocenters. The molecule has 4 aromatic rings. The van der Waals surface area contributed by atoms with Crippen LogP contribution in [0, 0.1) is 6.92 Å². The number of rotatable bonds is 3. The molecule has 0 aliphatic rings. The highest BCUT2D eigenvalue weighted by Gasteiger charge is 2.20. The molecule has 1 N–H and O–H groups in total. The third-order valence-corrected chi connectivity index (χ3v) is 5.57. The van der Waals surface area contributed by atoms with Gasteiger partial charge in [0, 0.05) is 17.5 Å². The molecule has 0 atom stereocenters. The Kier molecular flexibility index (Phi) is 5.37. The summed E-state index contributed by atoms with van der Waals surface area (Å²) in [6.07, 6.45) is 0. The zero-order valence-corrected chi connectivity index (χ0v) is 17.9. The third kappa shape index (κ3) is 3.60. The van der Waals surface area contributed by atoms with E-state index in [2.05, 4.69) is 5.32 Å². The molecule has 1 heterocycles. The number of carbonyl (C=O) groups is 1. The second kappa shape index (κ2) is 7.98. The molecule has 150 valence electrons. The minimum absolute atomic E-state index is 0.146. The Balaban J connectivity index is 1.96. The molecule has 30 heavy (non-hydrogen) atoms. The summed E-state index contributed by atoms with van der Waals surface area (Å²) in [5.41, 5.74) is 3.03. The van der Waals surface area contributed by atoms with Crippen LogP contribution in [-0.2, 0) is 7.05 Å². The fraction of sp³-hybridized carbons (Fsp3) is 0.0833. The van der Waals surface area contributed by atoms with Crippen molar-refractivity contribution < 1.29 is 4.79 Å². The summed E-state index contributed by atoms with van der Waals surface area (Å²) in [6, 6.07) is 19.6. The average Bonchev–Trinajstić information content (AvgIpc) is 2.72. The highest BCUT2D eigenvalue weighted by atomic mass is 35.5. The van der Waals surface area contributed by atoms with Crippen molar-refractivity contribution in [2.24, 2.45) is 7.05 Å². The van der Waals surface area contributed by atoms with E-state index in [0.717, 1.165) is 16.6 Å². The van der Waals surface area contributed by atoms with Crippen LogP contribution in [0.15, 0.2) is 71.5 Å². The molecule has 0 bridgehead atoms. The Morgan fingerprint density at radius 2 is 1.73 bits per heavy atom. The van der Waals surface area contributed by atoms with E-state index in [4.69, 9.17) is 23.2 Å². The van der Waals surface area contributed by atoms with E-state index in [-0.39, 0.29) is 16.0 Å². The monoisotopic (exact) mass is 436 g/mol. The normalized spacial score (nSPS) is 10.9. The van der Waals surface area contributed by atoms with Crippen LogP contribution in [0.4, 0.5) is 5.82 Å². The summed E-state index contributed by atoms with van der Waals surface area (Å²) in [5.74, 6) is -0.0174. The number of aromatic nitrogens is 1. The van der Waals surface area contributed by atoms with Gasteiger partial charge in [-0.15, -0.1) is 0 Å². The number of fused-ring (bicyclic) bond motifs is 1. The lowest BCUT2D eigenvalue weighted by Gasteiger charge is -2.19. The summed E-state index contributed by atoms with van der Waals surface area (Å²) >= 11 is 12.2. The molecule has 1 amide bonds. The second-order valence-electron chi connectivity index (χ2n) is 7.08. The summed E-state index contributed by atoms with van der Waals surface area (Å²) in [7, 11) is 1.82. The molecular formula is C24H18Cl2N2O2. The zero-order chi connectivity index (χ0) is 21.4. The maximum absolute atomic E-state index is 13.4. The summed E-state index contributed by atoms with van der Waals surface area (Å²) < 4.78 is 1.82. The average molecular weight is 437 g/mol. The van der Waals surface area contributed by atoms with Crippen molar-refractivity contribution in [3.8, 4) is 11.1 Å². The van der Waals surface area contributed by atoms with E-state index in [1.54, 1.807) is 18.2 Å². The number of benzene rings is 3. The van der Waals surface area contributed by atoms with Gasteiger partial charge in [0.25, 0.3) is 5.91 Å². The number of amides is 1. The number of pyridine rings is 1. The van der Waals surface area contributed by atoms with E-state index >= 15 is 0 Å². The number of para-hydroxylation sites is 1. The van der Waals surface area contributed by atoms with Crippen LogP contribution < -0.4 is 10.7 Å². The molecule has 0 aliphatic carbocycles. The van der Waals surface area contributed by atoms with Gasteiger partial charge >= 0.3 is 0 Å². The van der Waals surface area contributed by atoms with Gasteiger partial charge in [-0.05, 0) is 42.8 Å². The fourth-order valence-electron chi connectivity index (χ4n) is 3.55. The molecule has 6 heteroatoms. The van der Waals surface area contributed by atoms with Crippen LogP contribution in [0.1, 0.15) is 15.9 Å². The topological polar surface area (TPSA) is 51.1 Å². The van der Waals surface area contributed by atoms with Crippen molar-refractivity contribution in [3.05, 3.63) is 98.1 Å². The van der Waals surface area contributed by atoms with Gasteiger partial charge in [0.15, 0.2) is 5.43 Å². The first-order valence-corrected chi connectivity index (χ1v) is 10.1. The van der Waals surface area contributed by atoms with Crippen molar-refractivity contribution in [2.45, 2.75) is 6.92 Å². The molecule has 0 aliphatic heterocycles. The van der Waals surface area contributed by atoms with Crippen LogP contribution in [-0.4, -0.2) is 10.5 Å². The Bertz CT molecular complexity index is 1360. The maximum Gasteiger partial charge on any atom is 0.258 e. The fourth-order valence-corrected chi connectivity index (χ4v) is 4.05. The zero-order valence-electron chi connectivity index (χ0n) is 16.4. The smallest absolute Gasteiger partial charge is 0.258 e. The van der Waals surface area contributed by atoms with Crippen molar-refractivity contribution in [3.63, 3.8) is 0 Å². The Morgan fingerprint density at radius 3 is 2.47 bits per heavy atom. The number of carbonyl (C=O) groups excluding carboxylic acids is 1. The number of nitrogens with zero attached hydrogens (tertiary/aromatic N) is 1. The van der Waals surface area contributed by atoms with Crippen LogP contribution in [0.2, 0.25) is 10.0 Å². The highest BCUT2D eigenvalue weighted by molar-refractivity contribution is 6.37. The largest absolute Gasteiger partial charge is 0.330 e. The van der Waals surface area contributed by atoms with Gasteiger partial charge in [-0.2, -0.15) is 0 Å². The first kappa shape index (κ1) is 20.2. The Hall–Kier alpha value is -3.08. The minimum atomic E-state index is -0.421. The SMILES string of the molecule is Cc1cccc(-c2c(NC(=O)c3ccc(Cl)cc3Cl)n(C)c3ccccc3c2=O)c1. The molecule has 1 aromatic heterocycles. The summed E-state index contributed by atoms with van der Waals surface area (Å²) in [6.45, 7) is 1.96. The maximum atomic E-state index is 13.4. The number of aryl methyl sites for hydroxylation is 2. The molecule has 4 nitrogen and oxygen atoms in total. The first-order valence-electron chi connectivity index (χ1n) is 9.32. The molecule has 3 aromatic carbocycles. The number of nitrogens with one attached hydrogen (secondary N) is 1. The van der Waals surface area contributed by atoms with Crippen molar-refractivity contribution in [2.75, 3.05) is 5.32 Å². The Labute approximate surface area is 183 Å². The first-order chi connectivity index (χ1) is 14.4. The molecule has 0 saturated carbocycles. The van der Waals surface area contributed by atoms with Crippen LogP contribution in [0.5, 0.6) is 0 Å². The van der Waals surface area contributed by atoms with Crippen LogP contribution in [0.25, 0.3) is 22.0 Å². The molecular weight excluding hydrogens is 419 g/mol. The van der Waals surface area contributed by atoms with Gasteiger partial charge in [0.1, 0.15) is 5.82 Å². The molecule has 0 saturated heterocycles. The van der Waals surface area contributed by atoms with Gasteiger partial charge in [-0.25, -0.2) is 0 Å². The van der Waals surface area contributed by atoms with Crippen molar-refractivity contribution in [1.29, 1.82) is 0 Å². The Morgan fingerprint density at radius 1 is 0.967 bits per heavy atom. The van der Waals surface area contributed by atoms with Crippen molar-refractivity contribution >= 4 is 45.8 Å². The molecule has 0 fully saturated rings. The lowest BCUT2D eigenvalue weighted by atomic mass is 10.0. The minimum Gasteiger partial charge on any atom is -0.330 e. The number of halogens is 2. The number of anilines is 1. The molecule has 0 radical (unpaired) electrons. The molecule has 0 spiro atoms. The van der Waals surface area contributed by atoms with Gasteiger partial charge < -0.3 is 9.88 Å². The van der Waals surface area contributed by atoms with Gasteiger partial charge in [-0.3, -0.25) is 9.59 Å². The summed E-state index contributed by atoms with van der Waals surface area (Å²) in [4.78, 5) is 26.5. The van der Waals surface area contributed by atoms with E-state index in [1.807, 2.05) is 61.0 Å². The summed E-state index contributed by atoms with van der Waals surface area (Å²) in [5, 5.41) is 4.16. The van der Waals surface area contributed by atoms with Gasteiger partial charge in [0.2, 0.25) is 0 Å². The van der Waals surface area contributed by atoms with E-state index in [0.29, 0.717) is 21.8 Å². The number of hydrogen-bond donors (Lipinski definition) is 1. The van der Waals surface area contributed by atoms with E-state index in [1.165, 1.54) is 6.07 Å². The lowest BCUT2D eigenvalue weighted by molar-refractivity contribution is 0.102. The quantitative estimate of drug-likeness (QED) is 0.423. The third-order valence-electron chi connectivity index (χ3n) is 5.02. The standard InChI is InChI=1S/C24H18Cl2N2O2/c1-14-6-5-7-15(12-14)21-22(29)18-8-3-4-9-20(18)28(2)23(21)27-24(30)17-11-10-16(25)13-19(17)26/h3-13H,1-2H3,(H,27,30). The molecule has 4 rings (SSSR count). The van der Waals surface area contributed by atoms with Crippen LogP contribution >= 0.6 is 23.2 Å². The van der Waals surface area contributed by atoms with E-state index in [9.17, 15) is 9.59 Å². The van der Waals surface area contributed by atoms with Gasteiger partial charge in [0.05, 0.1) is 21.7 Å². The lowest BCUT2D eigenvalue weighted by Crippen LogP contribution is -2.21. The van der Waals surface area contributed by atoms with E-state index < -0.39 is 5.91 Å². The van der Waals surface area contributed by atoms with Gasteiger partial charge in [-0.1, -0.05) is 65.2 Å². The predicted molar refractivity (Wildman–Crippen MR) is 124 cm³/mol.